The Morgan fingerprint density at radius 1 is 0.944 bits per heavy atom. The first kappa shape index (κ1) is 13.1. The van der Waals surface area contributed by atoms with E-state index in [2.05, 4.69) is 0 Å². The molecule has 0 radical (unpaired) electrons. The highest BCUT2D eigenvalue weighted by Crippen LogP contribution is 2.30. The smallest absolute Gasteiger partial charge is 0.207 e. The summed E-state index contributed by atoms with van der Waals surface area (Å²) in [4.78, 5) is 0.183. The molecule has 2 rings (SSSR count). The van der Waals surface area contributed by atoms with E-state index in [4.69, 9.17) is 10.7 Å². The van der Waals surface area contributed by atoms with Gasteiger partial charge in [-0.3, -0.25) is 0 Å². The molecule has 18 heavy (non-hydrogen) atoms. The Labute approximate surface area is 112 Å². The normalized spacial score (nSPS) is 13.2. The zero-order valence-corrected chi connectivity index (χ0v) is 11.4. The number of hydrogen-bond donors (Lipinski definition) is 0. The molecule has 0 aromatic heterocycles. The van der Waals surface area contributed by atoms with Crippen LogP contribution in [0.15, 0.2) is 59.5 Å². The average Bonchev–Trinajstić information content (AvgIpc) is 2.38. The summed E-state index contributed by atoms with van der Waals surface area (Å²) in [6, 6.07) is 16.6. The summed E-state index contributed by atoms with van der Waals surface area (Å²) in [6.07, 6.45) is 0. The minimum absolute atomic E-state index is 0.0177. The topological polar surface area (TPSA) is 34.1 Å². The van der Waals surface area contributed by atoms with Crippen LogP contribution in [0.1, 0.15) is 24.0 Å². The minimum Gasteiger partial charge on any atom is -0.207 e. The molecule has 1 atom stereocenters. The fraction of sp³-hybridized carbons (Fsp3) is 0.143. The molecule has 0 bridgehead atoms. The highest BCUT2D eigenvalue weighted by Gasteiger charge is 2.19. The van der Waals surface area contributed by atoms with E-state index in [1.165, 1.54) is 6.07 Å². The number of hydrogen-bond acceptors (Lipinski definition) is 2. The summed E-state index contributed by atoms with van der Waals surface area (Å²) < 4.78 is 23.1. The molecule has 0 aliphatic carbocycles. The first-order chi connectivity index (χ1) is 8.50. The molecule has 0 saturated carbocycles. The van der Waals surface area contributed by atoms with Gasteiger partial charge in [-0.2, -0.15) is 0 Å². The third kappa shape index (κ3) is 2.74. The maximum atomic E-state index is 11.6. The van der Waals surface area contributed by atoms with Crippen molar-refractivity contribution in [2.24, 2.45) is 0 Å². The molecular formula is C14H13ClO2S. The maximum Gasteiger partial charge on any atom is 0.261 e. The number of halogens is 1. The molecule has 0 heterocycles. The molecule has 0 aliphatic rings. The summed E-state index contributed by atoms with van der Waals surface area (Å²) in [5.41, 5.74) is 1.78. The van der Waals surface area contributed by atoms with Crippen LogP contribution < -0.4 is 0 Å². The van der Waals surface area contributed by atoms with Crippen molar-refractivity contribution in [3.8, 4) is 0 Å². The van der Waals surface area contributed by atoms with Crippen molar-refractivity contribution in [1.82, 2.24) is 0 Å². The lowest BCUT2D eigenvalue weighted by molar-refractivity contribution is 0.608. The molecule has 0 aliphatic heterocycles. The van der Waals surface area contributed by atoms with Crippen LogP contribution >= 0.6 is 10.7 Å². The molecule has 0 fully saturated rings. The van der Waals surface area contributed by atoms with Gasteiger partial charge in [0.1, 0.15) is 0 Å². The van der Waals surface area contributed by atoms with Crippen molar-refractivity contribution in [1.29, 1.82) is 0 Å². The second-order valence-electron chi connectivity index (χ2n) is 4.11. The quantitative estimate of drug-likeness (QED) is 0.802. The zero-order chi connectivity index (χ0) is 13.2. The predicted octanol–water partition coefficient (Wildman–Crippen LogP) is 3.77. The molecule has 0 spiro atoms. The van der Waals surface area contributed by atoms with Crippen LogP contribution in [0, 0.1) is 0 Å². The fourth-order valence-electron chi connectivity index (χ4n) is 1.98. The molecule has 2 nitrogen and oxygen atoms in total. The third-order valence-corrected chi connectivity index (χ3v) is 4.34. The second kappa shape index (κ2) is 5.12. The predicted molar refractivity (Wildman–Crippen MR) is 73.4 cm³/mol. The lowest BCUT2D eigenvalue weighted by atomic mass is 9.93. The first-order valence-electron chi connectivity index (χ1n) is 5.58. The Hall–Kier alpha value is -1.32. The standard InChI is InChI=1S/C14H13ClO2S/c1-11(12-7-3-2-4-8-12)13-9-5-6-10-14(13)18(15,16)17/h2-11H,1H3. The van der Waals surface area contributed by atoms with E-state index in [-0.39, 0.29) is 10.8 Å². The molecule has 1 unspecified atom stereocenters. The highest BCUT2D eigenvalue weighted by molar-refractivity contribution is 8.13. The SMILES string of the molecule is CC(c1ccccc1)c1ccccc1S(=O)(=O)Cl. The Morgan fingerprint density at radius 3 is 2.11 bits per heavy atom. The Bertz CT molecular complexity index is 636. The minimum atomic E-state index is -3.71. The molecule has 94 valence electrons. The lowest BCUT2D eigenvalue weighted by Crippen LogP contribution is -2.03. The van der Waals surface area contributed by atoms with Gasteiger partial charge in [-0.1, -0.05) is 55.5 Å². The van der Waals surface area contributed by atoms with Gasteiger partial charge in [0.25, 0.3) is 9.05 Å². The van der Waals surface area contributed by atoms with Crippen LogP contribution in [-0.2, 0) is 9.05 Å². The van der Waals surface area contributed by atoms with Crippen LogP contribution in [0.4, 0.5) is 0 Å². The summed E-state index contributed by atoms with van der Waals surface area (Å²) in [7, 11) is 1.75. The van der Waals surface area contributed by atoms with Crippen molar-refractivity contribution >= 4 is 19.7 Å². The van der Waals surface area contributed by atoms with E-state index in [1.807, 2.05) is 43.3 Å². The van der Waals surface area contributed by atoms with Crippen LogP contribution in [0.25, 0.3) is 0 Å². The van der Waals surface area contributed by atoms with Gasteiger partial charge >= 0.3 is 0 Å². The van der Waals surface area contributed by atoms with E-state index in [9.17, 15) is 8.42 Å². The van der Waals surface area contributed by atoms with Crippen molar-refractivity contribution in [2.75, 3.05) is 0 Å². The Kier molecular flexibility index (Phi) is 3.73. The number of benzene rings is 2. The summed E-state index contributed by atoms with van der Waals surface area (Å²) in [5.74, 6) is -0.0177. The third-order valence-electron chi connectivity index (χ3n) is 2.95. The first-order valence-corrected chi connectivity index (χ1v) is 7.89. The van der Waals surface area contributed by atoms with Gasteiger partial charge in [0.15, 0.2) is 0 Å². The van der Waals surface area contributed by atoms with Gasteiger partial charge in [-0.05, 0) is 17.2 Å². The van der Waals surface area contributed by atoms with E-state index in [1.54, 1.807) is 12.1 Å². The second-order valence-corrected chi connectivity index (χ2v) is 6.64. The van der Waals surface area contributed by atoms with Gasteiger partial charge in [0, 0.05) is 16.6 Å². The van der Waals surface area contributed by atoms with Crippen molar-refractivity contribution in [3.63, 3.8) is 0 Å². The van der Waals surface area contributed by atoms with E-state index in [0.717, 1.165) is 11.1 Å². The molecular weight excluding hydrogens is 268 g/mol. The van der Waals surface area contributed by atoms with Crippen molar-refractivity contribution < 1.29 is 8.42 Å². The van der Waals surface area contributed by atoms with Crippen LogP contribution in [0.3, 0.4) is 0 Å². The average molecular weight is 281 g/mol. The summed E-state index contributed by atoms with van der Waals surface area (Å²) >= 11 is 0. The molecule has 2 aromatic rings. The lowest BCUT2D eigenvalue weighted by Gasteiger charge is -2.15. The zero-order valence-electron chi connectivity index (χ0n) is 9.88. The van der Waals surface area contributed by atoms with Gasteiger partial charge in [0.2, 0.25) is 0 Å². The van der Waals surface area contributed by atoms with Crippen molar-refractivity contribution in [3.05, 3.63) is 65.7 Å². The van der Waals surface area contributed by atoms with Gasteiger partial charge < -0.3 is 0 Å². The highest BCUT2D eigenvalue weighted by atomic mass is 35.7. The monoisotopic (exact) mass is 280 g/mol. The van der Waals surface area contributed by atoms with Gasteiger partial charge in [0.05, 0.1) is 4.90 Å². The van der Waals surface area contributed by atoms with E-state index >= 15 is 0 Å². The maximum absolute atomic E-state index is 11.6. The summed E-state index contributed by atoms with van der Waals surface area (Å²) in [5, 5.41) is 0. The molecule has 0 saturated heterocycles. The van der Waals surface area contributed by atoms with Crippen LogP contribution in [0.5, 0.6) is 0 Å². The molecule has 0 N–H and O–H groups in total. The van der Waals surface area contributed by atoms with Crippen molar-refractivity contribution in [2.45, 2.75) is 17.7 Å². The molecule has 4 heteroatoms. The fourth-order valence-corrected chi connectivity index (χ4v) is 3.17. The molecule has 2 aromatic carbocycles. The van der Waals surface area contributed by atoms with Gasteiger partial charge in [-0.25, -0.2) is 8.42 Å². The van der Waals surface area contributed by atoms with Crippen LogP contribution in [-0.4, -0.2) is 8.42 Å². The number of rotatable bonds is 3. The van der Waals surface area contributed by atoms with E-state index in [0.29, 0.717) is 0 Å². The Morgan fingerprint density at radius 2 is 1.50 bits per heavy atom. The van der Waals surface area contributed by atoms with Crippen LogP contribution in [0.2, 0.25) is 0 Å². The Balaban J connectivity index is 2.53. The van der Waals surface area contributed by atoms with E-state index < -0.39 is 9.05 Å². The van der Waals surface area contributed by atoms with Gasteiger partial charge in [-0.15, -0.1) is 0 Å². The largest absolute Gasteiger partial charge is 0.261 e. The summed E-state index contributed by atoms with van der Waals surface area (Å²) in [6.45, 7) is 1.97. The molecule has 0 amide bonds.